The van der Waals surface area contributed by atoms with Crippen LogP contribution in [0.15, 0.2) is 24.4 Å². The Morgan fingerprint density at radius 1 is 1.28 bits per heavy atom. The summed E-state index contributed by atoms with van der Waals surface area (Å²) in [6.45, 7) is 5.83. The van der Waals surface area contributed by atoms with E-state index in [1.807, 2.05) is 44.5 Å². The number of carbonyl (C=O) groups excluding carboxylic acids is 1. The van der Waals surface area contributed by atoms with Crippen molar-refractivity contribution < 1.29 is 4.79 Å². The van der Waals surface area contributed by atoms with Crippen LogP contribution in [-0.4, -0.2) is 15.5 Å². The van der Waals surface area contributed by atoms with Gasteiger partial charge in [-0.05, 0) is 39.0 Å². The van der Waals surface area contributed by atoms with Gasteiger partial charge in [0.25, 0.3) is 5.91 Å². The van der Waals surface area contributed by atoms with Crippen molar-refractivity contribution in [2.24, 2.45) is 7.05 Å². The molecular formula is C14H17N3O. The zero-order valence-electron chi connectivity index (χ0n) is 11.1. The molecule has 1 N–H and O–H groups in total. The van der Waals surface area contributed by atoms with E-state index < -0.39 is 0 Å². The summed E-state index contributed by atoms with van der Waals surface area (Å²) < 4.78 is 2.01. The zero-order valence-corrected chi connectivity index (χ0v) is 11.1. The first kappa shape index (κ1) is 12.4. The van der Waals surface area contributed by atoms with Crippen LogP contribution in [0.2, 0.25) is 0 Å². The summed E-state index contributed by atoms with van der Waals surface area (Å²) in [4.78, 5) is 16.3. The van der Waals surface area contributed by atoms with Gasteiger partial charge in [-0.3, -0.25) is 9.78 Å². The molecule has 2 aromatic heterocycles. The lowest BCUT2D eigenvalue weighted by Gasteiger charge is -2.06. The van der Waals surface area contributed by atoms with Crippen LogP contribution in [0.5, 0.6) is 0 Å². The molecular weight excluding hydrogens is 226 g/mol. The highest BCUT2D eigenvalue weighted by Gasteiger charge is 2.13. The average molecular weight is 243 g/mol. The normalized spacial score (nSPS) is 10.4. The molecule has 0 fully saturated rings. The largest absolute Gasteiger partial charge is 0.351 e. The molecule has 94 valence electrons. The van der Waals surface area contributed by atoms with E-state index in [9.17, 15) is 4.79 Å². The smallest absolute Gasteiger partial charge is 0.257 e. The van der Waals surface area contributed by atoms with Crippen LogP contribution < -0.4 is 5.32 Å². The maximum atomic E-state index is 12.2. The highest BCUT2D eigenvalue weighted by atomic mass is 16.1. The number of hydrogen-bond acceptors (Lipinski definition) is 2. The topological polar surface area (TPSA) is 46.9 Å². The fourth-order valence-electron chi connectivity index (χ4n) is 1.91. The first-order valence-electron chi connectivity index (χ1n) is 5.86. The number of nitrogens with one attached hydrogen (secondary N) is 1. The van der Waals surface area contributed by atoms with Crippen molar-refractivity contribution in [3.63, 3.8) is 0 Å². The Morgan fingerprint density at radius 3 is 2.56 bits per heavy atom. The molecule has 0 saturated heterocycles. The summed E-state index contributed by atoms with van der Waals surface area (Å²) in [6.07, 6.45) is 1.69. The number of rotatable bonds is 2. The minimum absolute atomic E-state index is 0.0817. The van der Waals surface area contributed by atoms with Crippen molar-refractivity contribution in [2.75, 3.05) is 5.32 Å². The number of pyridine rings is 1. The molecule has 0 atom stereocenters. The number of aryl methyl sites for hydroxylation is 2. The molecule has 4 nitrogen and oxygen atoms in total. The molecule has 0 spiro atoms. The van der Waals surface area contributed by atoms with Crippen molar-refractivity contribution in [1.29, 1.82) is 0 Å². The summed E-state index contributed by atoms with van der Waals surface area (Å²) in [5.41, 5.74) is 4.41. The van der Waals surface area contributed by atoms with Crippen LogP contribution in [0.4, 0.5) is 5.69 Å². The molecule has 0 aliphatic rings. The molecule has 18 heavy (non-hydrogen) atoms. The fraction of sp³-hybridized carbons (Fsp3) is 0.286. The molecule has 4 heteroatoms. The fourth-order valence-corrected chi connectivity index (χ4v) is 1.91. The van der Waals surface area contributed by atoms with E-state index in [0.717, 1.165) is 22.8 Å². The van der Waals surface area contributed by atoms with Crippen LogP contribution in [0.25, 0.3) is 0 Å². The molecule has 2 heterocycles. The van der Waals surface area contributed by atoms with E-state index in [4.69, 9.17) is 0 Å². The van der Waals surface area contributed by atoms with Gasteiger partial charge in [-0.25, -0.2) is 0 Å². The highest BCUT2D eigenvalue weighted by molar-refractivity contribution is 6.05. The summed E-state index contributed by atoms with van der Waals surface area (Å²) in [6, 6.07) is 5.54. The number of anilines is 1. The Balaban J connectivity index is 2.25. The number of carbonyl (C=O) groups is 1. The van der Waals surface area contributed by atoms with Crippen molar-refractivity contribution in [2.45, 2.75) is 20.8 Å². The van der Waals surface area contributed by atoms with Crippen LogP contribution in [0.3, 0.4) is 0 Å². The minimum atomic E-state index is -0.0817. The van der Waals surface area contributed by atoms with Gasteiger partial charge in [0.05, 0.1) is 5.56 Å². The van der Waals surface area contributed by atoms with Gasteiger partial charge in [-0.15, -0.1) is 0 Å². The van der Waals surface area contributed by atoms with Crippen molar-refractivity contribution >= 4 is 11.6 Å². The Bertz CT molecular complexity index is 599. The Morgan fingerprint density at radius 2 is 2.00 bits per heavy atom. The standard InChI is InChI=1S/C14H17N3O/c1-9-7-12(5-6-15-9)16-14(18)13-8-10(2)17(4)11(13)3/h5-8H,1-4H3,(H,15,16,18). The molecule has 0 unspecified atom stereocenters. The SMILES string of the molecule is Cc1cc(NC(=O)c2cc(C)n(C)c2C)ccn1. The van der Waals surface area contributed by atoms with Gasteiger partial charge in [-0.1, -0.05) is 0 Å². The first-order chi connectivity index (χ1) is 8.49. The van der Waals surface area contributed by atoms with Crippen molar-refractivity contribution in [3.05, 3.63) is 47.0 Å². The van der Waals surface area contributed by atoms with Gasteiger partial charge >= 0.3 is 0 Å². The third kappa shape index (κ3) is 2.27. The maximum Gasteiger partial charge on any atom is 0.257 e. The summed E-state index contributed by atoms with van der Waals surface area (Å²) >= 11 is 0. The van der Waals surface area contributed by atoms with E-state index in [-0.39, 0.29) is 5.91 Å². The van der Waals surface area contributed by atoms with E-state index in [0.29, 0.717) is 5.56 Å². The van der Waals surface area contributed by atoms with Gasteiger partial charge in [0.2, 0.25) is 0 Å². The molecule has 0 bridgehead atoms. The number of nitrogens with zero attached hydrogens (tertiary/aromatic N) is 2. The van der Waals surface area contributed by atoms with Crippen LogP contribution in [0.1, 0.15) is 27.4 Å². The molecule has 1 amide bonds. The second kappa shape index (κ2) is 4.64. The van der Waals surface area contributed by atoms with Gasteiger partial charge in [0.15, 0.2) is 0 Å². The van der Waals surface area contributed by atoms with E-state index in [1.54, 1.807) is 12.3 Å². The molecule has 0 aliphatic heterocycles. The summed E-state index contributed by atoms with van der Waals surface area (Å²) in [5.74, 6) is -0.0817. The van der Waals surface area contributed by atoms with Crippen molar-refractivity contribution in [1.82, 2.24) is 9.55 Å². The average Bonchev–Trinajstić information content (AvgIpc) is 2.57. The maximum absolute atomic E-state index is 12.2. The highest BCUT2D eigenvalue weighted by Crippen LogP contribution is 2.16. The molecule has 0 aromatic carbocycles. The molecule has 0 aliphatic carbocycles. The predicted molar refractivity (Wildman–Crippen MR) is 71.8 cm³/mol. The van der Waals surface area contributed by atoms with Gasteiger partial charge < -0.3 is 9.88 Å². The Kier molecular flexibility index (Phi) is 3.19. The molecule has 0 saturated carbocycles. The van der Waals surface area contributed by atoms with Gasteiger partial charge in [0, 0.05) is 36.0 Å². The molecule has 0 radical (unpaired) electrons. The summed E-state index contributed by atoms with van der Waals surface area (Å²) in [7, 11) is 1.96. The zero-order chi connectivity index (χ0) is 13.3. The Labute approximate surface area is 107 Å². The molecule has 2 rings (SSSR count). The summed E-state index contributed by atoms with van der Waals surface area (Å²) in [5, 5.41) is 2.89. The van der Waals surface area contributed by atoms with Crippen molar-refractivity contribution in [3.8, 4) is 0 Å². The second-order valence-electron chi connectivity index (χ2n) is 4.48. The third-order valence-electron chi connectivity index (χ3n) is 3.17. The Hall–Kier alpha value is -2.10. The lowest BCUT2D eigenvalue weighted by molar-refractivity contribution is 0.102. The first-order valence-corrected chi connectivity index (χ1v) is 5.86. The monoisotopic (exact) mass is 243 g/mol. The minimum Gasteiger partial charge on any atom is -0.351 e. The van der Waals surface area contributed by atoms with Gasteiger partial charge in [0.1, 0.15) is 0 Å². The molecule has 2 aromatic rings. The number of hydrogen-bond donors (Lipinski definition) is 1. The second-order valence-corrected chi connectivity index (χ2v) is 4.48. The third-order valence-corrected chi connectivity index (χ3v) is 3.17. The van der Waals surface area contributed by atoms with Crippen LogP contribution in [0, 0.1) is 20.8 Å². The van der Waals surface area contributed by atoms with Gasteiger partial charge in [-0.2, -0.15) is 0 Å². The quantitative estimate of drug-likeness (QED) is 0.881. The lowest BCUT2D eigenvalue weighted by Crippen LogP contribution is -2.13. The van der Waals surface area contributed by atoms with E-state index in [2.05, 4.69) is 10.3 Å². The van der Waals surface area contributed by atoms with Crippen LogP contribution in [-0.2, 0) is 7.05 Å². The predicted octanol–water partition coefficient (Wildman–Crippen LogP) is 2.60. The number of aromatic nitrogens is 2. The van der Waals surface area contributed by atoms with E-state index in [1.165, 1.54) is 0 Å². The van der Waals surface area contributed by atoms with Crippen LogP contribution >= 0.6 is 0 Å². The number of amides is 1. The van der Waals surface area contributed by atoms with E-state index >= 15 is 0 Å². The lowest BCUT2D eigenvalue weighted by atomic mass is 10.2.